The number of nitrogens with one attached hydrogen (secondary N) is 1. The molecule has 19 heavy (non-hydrogen) atoms. The lowest BCUT2D eigenvalue weighted by atomic mass is 9.91. The number of piperazine rings is 1. The summed E-state index contributed by atoms with van der Waals surface area (Å²) in [5, 5.41) is 3.84. The maximum Gasteiger partial charge on any atom is 0.0402 e. The highest BCUT2D eigenvalue weighted by Crippen LogP contribution is 2.36. The molecule has 1 saturated carbocycles. The standard InChI is InChI=1S/C17H26N2/c1-13-6-7-14(2)16(10-13)19-12-17(8-4-5-9-17)18-11-15(19)3/h6-7,10,15,18H,4-5,8-9,11-12H2,1-3H3. The molecule has 0 bridgehead atoms. The average molecular weight is 258 g/mol. The Morgan fingerprint density at radius 3 is 2.68 bits per heavy atom. The van der Waals surface area contributed by atoms with Crippen LogP contribution in [-0.4, -0.2) is 24.7 Å². The van der Waals surface area contributed by atoms with Crippen molar-refractivity contribution in [1.82, 2.24) is 5.32 Å². The molecule has 1 aromatic carbocycles. The third-order valence-electron chi connectivity index (χ3n) is 5.01. The Morgan fingerprint density at radius 2 is 1.95 bits per heavy atom. The van der Waals surface area contributed by atoms with Gasteiger partial charge in [-0.05, 0) is 50.8 Å². The number of rotatable bonds is 1. The minimum atomic E-state index is 0.392. The van der Waals surface area contributed by atoms with E-state index in [1.807, 2.05) is 0 Å². The van der Waals surface area contributed by atoms with Gasteiger partial charge in [0, 0.05) is 30.4 Å². The van der Waals surface area contributed by atoms with Crippen LogP contribution in [0.5, 0.6) is 0 Å². The summed E-state index contributed by atoms with van der Waals surface area (Å²) in [6.07, 6.45) is 5.48. The zero-order chi connectivity index (χ0) is 13.5. The SMILES string of the molecule is Cc1ccc(C)c(N2CC3(CCCC3)NCC2C)c1. The number of hydrogen-bond donors (Lipinski definition) is 1. The van der Waals surface area contributed by atoms with Crippen molar-refractivity contribution in [1.29, 1.82) is 0 Å². The van der Waals surface area contributed by atoms with Crippen LogP contribution in [0.15, 0.2) is 18.2 Å². The Balaban J connectivity index is 1.91. The van der Waals surface area contributed by atoms with Crippen LogP contribution in [0.4, 0.5) is 5.69 Å². The molecule has 1 heterocycles. The van der Waals surface area contributed by atoms with Crippen molar-refractivity contribution in [3.8, 4) is 0 Å². The maximum atomic E-state index is 3.84. The fraction of sp³-hybridized carbons (Fsp3) is 0.647. The van der Waals surface area contributed by atoms with Gasteiger partial charge in [-0.3, -0.25) is 0 Å². The monoisotopic (exact) mass is 258 g/mol. The highest BCUT2D eigenvalue weighted by atomic mass is 15.3. The van der Waals surface area contributed by atoms with Gasteiger partial charge < -0.3 is 10.2 Å². The smallest absolute Gasteiger partial charge is 0.0402 e. The summed E-state index contributed by atoms with van der Waals surface area (Å²) in [5.74, 6) is 0. The molecule has 1 aromatic rings. The molecule has 0 amide bonds. The van der Waals surface area contributed by atoms with Crippen molar-refractivity contribution in [2.24, 2.45) is 0 Å². The van der Waals surface area contributed by atoms with E-state index in [0.717, 1.165) is 6.54 Å². The fourth-order valence-corrected chi connectivity index (χ4v) is 3.75. The Kier molecular flexibility index (Phi) is 3.30. The van der Waals surface area contributed by atoms with Gasteiger partial charge >= 0.3 is 0 Å². The molecule has 1 N–H and O–H groups in total. The molecule has 1 aliphatic carbocycles. The van der Waals surface area contributed by atoms with Crippen molar-refractivity contribution in [3.63, 3.8) is 0 Å². The molecule has 104 valence electrons. The molecule has 0 radical (unpaired) electrons. The first-order chi connectivity index (χ1) is 9.10. The molecule has 0 aromatic heterocycles. The van der Waals surface area contributed by atoms with Gasteiger partial charge in [-0.2, -0.15) is 0 Å². The van der Waals surface area contributed by atoms with Crippen LogP contribution >= 0.6 is 0 Å². The van der Waals surface area contributed by atoms with Crippen molar-refractivity contribution < 1.29 is 0 Å². The molecule has 1 unspecified atom stereocenters. The molecule has 1 atom stereocenters. The second-order valence-electron chi connectivity index (χ2n) is 6.64. The lowest BCUT2D eigenvalue weighted by Gasteiger charge is -2.47. The van der Waals surface area contributed by atoms with Crippen molar-refractivity contribution >= 4 is 5.69 Å². The van der Waals surface area contributed by atoms with Gasteiger partial charge in [0.2, 0.25) is 0 Å². The molecule has 1 saturated heterocycles. The molecule has 2 aliphatic rings. The van der Waals surface area contributed by atoms with Gasteiger partial charge in [0.15, 0.2) is 0 Å². The van der Waals surface area contributed by atoms with Gasteiger partial charge in [0.1, 0.15) is 0 Å². The normalized spacial score (nSPS) is 26.1. The van der Waals surface area contributed by atoms with E-state index < -0.39 is 0 Å². The van der Waals surface area contributed by atoms with E-state index in [-0.39, 0.29) is 0 Å². The molecular formula is C17H26N2. The van der Waals surface area contributed by atoms with Crippen LogP contribution in [0.2, 0.25) is 0 Å². The van der Waals surface area contributed by atoms with Crippen LogP contribution in [0.1, 0.15) is 43.7 Å². The highest BCUT2D eigenvalue weighted by Gasteiger charge is 2.40. The third kappa shape index (κ3) is 2.38. The molecule has 1 spiro atoms. The predicted octanol–water partition coefficient (Wildman–Crippen LogP) is 3.41. The predicted molar refractivity (Wildman–Crippen MR) is 81.9 cm³/mol. The zero-order valence-corrected chi connectivity index (χ0v) is 12.5. The fourth-order valence-electron chi connectivity index (χ4n) is 3.75. The topological polar surface area (TPSA) is 15.3 Å². The third-order valence-corrected chi connectivity index (χ3v) is 5.01. The second-order valence-corrected chi connectivity index (χ2v) is 6.64. The zero-order valence-electron chi connectivity index (χ0n) is 12.5. The summed E-state index contributed by atoms with van der Waals surface area (Å²) in [6, 6.07) is 7.43. The number of hydrogen-bond acceptors (Lipinski definition) is 2. The largest absolute Gasteiger partial charge is 0.365 e. The molecule has 2 heteroatoms. The quantitative estimate of drug-likeness (QED) is 0.830. The Labute approximate surface area is 117 Å². The van der Waals surface area contributed by atoms with Gasteiger partial charge in [-0.25, -0.2) is 0 Å². The van der Waals surface area contributed by atoms with Crippen LogP contribution < -0.4 is 10.2 Å². The molecule has 3 rings (SSSR count). The lowest BCUT2D eigenvalue weighted by Crippen LogP contribution is -2.62. The summed E-state index contributed by atoms with van der Waals surface area (Å²) in [4.78, 5) is 2.64. The van der Waals surface area contributed by atoms with E-state index in [2.05, 4.69) is 49.2 Å². The minimum absolute atomic E-state index is 0.392. The van der Waals surface area contributed by atoms with E-state index >= 15 is 0 Å². The van der Waals surface area contributed by atoms with Crippen LogP contribution in [0.25, 0.3) is 0 Å². The summed E-state index contributed by atoms with van der Waals surface area (Å²) in [6.45, 7) is 9.08. The molecule has 2 fully saturated rings. The van der Waals surface area contributed by atoms with Crippen LogP contribution in [0, 0.1) is 13.8 Å². The maximum absolute atomic E-state index is 3.84. The molecule has 2 nitrogen and oxygen atoms in total. The first-order valence-electron chi connectivity index (χ1n) is 7.69. The average Bonchev–Trinajstić information content (AvgIpc) is 2.84. The van der Waals surface area contributed by atoms with Gasteiger partial charge in [0.25, 0.3) is 0 Å². The lowest BCUT2D eigenvalue weighted by molar-refractivity contribution is 0.276. The summed E-state index contributed by atoms with van der Waals surface area (Å²) in [5.41, 5.74) is 4.61. The summed E-state index contributed by atoms with van der Waals surface area (Å²) >= 11 is 0. The van der Waals surface area contributed by atoms with E-state index in [1.54, 1.807) is 0 Å². The Bertz CT molecular complexity index is 460. The first kappa shape index (κ1) is 13.0. The highest BCUT2D eigenvalue weighted by molar-refractivity contribution is 5.56. The Morgan fingerprint density at radius 1 is 1.21 bits per heavy atom. The van der Waals surface area contributed by atoms with Crippen molar-refractivity contribution in [2.75, 3.05) is 18.0 Å². The molecular weight excluding hydrogens is 232 g/mol. The van der Waals surface area contributed by atoms with Crippen LogP contribution in [0.3, 0.4) is 0 Å². The van der Waals surface area contributed by atoms with Gasteiger partial charge in [-0.1, -0.05) is 25.0 Å². The Hall–Kier alpha value is -1.02. The van der Waals surface area contributed by atoms with E-state index in [9.17, 15) is 0 Å². The second kappa shape index (κ2) is 4.82. The minimum Gasteiger partial charge on any atom is -0.365 e. The summed E-state index contributed by atoms with van der Waals surface area (Å²) in [7, 11) is 0. The number of anilines is 1. The number of benzene rings is 1. The number of nitrogens with zero attached hydrogens (tertiary/aromatic N) is 1. The van der Waals surface area contributed by atoms with E-state index in [1.165, 1.54) is 49.0 Å². The number of aryl methyl sites for hydroxylation is 2. The van der Waals surface area contributed by atoms with Crippen molar-refractivity contribution in [2.45, 2.75) is 58.0 Å². The first-order valence-corrected chi connectivity index (χ1v) is 7.69. The van der Waals surface area contributed by atoms with Gasteiger partial charge in [0.05, 0.1) is 0 Å². The van der Waals surface area contributed by atoms with E-state index in [4.69, 9.17) is 0 Å². The van der Waals surface area contributed by atoms with Crippen molar-refractivity contribution in [3.05, 3.63) is 29.3 Å². The van der Waals surface area contributed by atoms with Gasteiger partial charge in [-0.15, -0.1) is 0 Å². The van der Waals surface area contributed by atoms with E-state index in [0.29, 0.717) is 11.6 Å². The molecule has 1 aliphatic heterocycles. The van der Waals surface area contributed by atoms with Crippen LogP contribution in [-0.2, 0) is 0 Å². The summed E-state index contributed by atoms with van der Waals surface area (Å²) < 4.78 is 0.